The van der Waals surface area contributed by atoms with Gasteiger partial charge in [0.05, 0.1) is 29.0 Å². The van der Waals surface area contributed by atoms with Crippen molar-refractivity contribution in [2.24, 2.45) is 4.99 Å². The van der Waals surface area contributed by atoms with Crippen LogP contribution in [0.4, 0.5) is 5.69 Å². The molecule has 7 nitrogen and oxygen atoms in total. The van der Waals surface area contributed by atoms with E-state index in [1.807, 2.05) is 104 Å². The predicted molar refractivity (Wildman–Crippen MR) is 189 cm³/mol. The molecule has 0 radical (unpaired) electrons. The lowest BCUT2D eigenvalue weighted by molar-refractivity contribution is -0.113. The fraction of sp³-hybridized carbons (Fsp3) is 0.132. The van der Waals surface area contributed by atoms with Crippen LogP contribution in [-0.2, 0) is 11.3 Å². The molecule has 3 heterocycles. The van der Waals surface area contributed by atoms with Crippen molar-refractivity contribution in [3.63, 3.8) is 0 Å². The number of aromatic nitrogens is 2. The molecule has 4 aromatic carbocycles. The maximum atomic E-state index is 14.4. The number of para-hydroxylation sites is 2. The van der Waals surface area contributed by atoms with E-state index in [0.717, 1.165) is 33.3 Å². The van der Waals surface area contributed by atoms with Crippen LogP contribution in [0.1, 0.15) is 35.3 Å². The first-order valence-electron chi connectivity index (χ1n) is 15.2. The van der Waals surface area contributed by atoms with Gasteiger partial charge in [0.25, 0.3) is 11.5 Å². The Morgan fingerprint density at radius 3 is 2.40 bits per heavy atom. The maximum absolute atomic E-state index is 14.4. The summed E-state index contributed by atoms with van der Waals surface area (Å²) in [5.74, 6) is 0.367. The molecule has 2 aromatic heterocycles. The van der Waals surface area contributed by atoms with Gasteiger partial charge in [-0.05, 0) is 67.4 Å². The third kappa shape index (κ3) is 5.60. The SMILES string of the molecule is COc1ccc([C@@H]2C(C(=O)Nc3ccccc3)=C(C)N=c3s/c(=C/c4c(C)n(Cc5ccccc5Cl)c5ccccc45)c(=O)n32)cc1. The average molecular weight is 659 g/mol. The van der Waals surface area contributed by atoms with Crippen LogP contribution in [0.25, 0.3) is 17.0 Å². The van der Waals surface area contributed by atoms with Crippen molar-refractivity contribution in [2.45, 2.75) is 26.4 Å². The summed E-state index contributed by atoms with van der Waals surface area (Å²) in [6.07, 6.45) is 1.96. The Kier molecular flexibility index (Phi) is 8.14. The minimum atomic E-state index is -0.689. The predicted octanol–water partition coefficient (Wildman–Crippen LogP) is 6.85. The second kappa shape index (κ2) is 12.5. The van der Waals surface area contributed by atoms with E-state index in [-0.39, 0.29) is 11.5 Å². The maximum Gasteiger partial charge on any atom is 0.271 e. The van der Waals surface area contributed by atoms with Gasteiger partial charge in [0.1, 0.15) is 5.75 Å². The molecule has 1 aliphatic rings. The van der Waals surface area contributed by atoms with Gasteiger partial charge < -0.3 is 14.6 Å². The molecular formula is C38H31ClN4O3S. The number of benzene rings is 4. The van der Waals surface area contributed by atoms with E-state index < -0.39 is 6.04 Å². The lowest BCUT2D eigenvalue weighted by atomic mass is 9.95. The lowest BCUT2D eigenvalue weighted by Gasteiger charge is -2.25. The molecule has 1 N–H and O–H groups in total. The molecule has 0 saturated carbocycles. The van der Waals surface area contributed by atoms with Crippen molar-refractivity contribution < 1.29 is 9.53 Å². The summed E-state index contributed by atoms with van der Waals surface area (Å²) < 4.78 is 9.80. The third-order valence-corrected chi connectivity index (χ3v) is 9.92. The van der Waals surface area contributed by atoms with Crippen LogP contribution in [-0.4, -0.2) is 22.2 Å². The van der Waals surface area contributed by atoms with Crippen LogP contribution in [0.15, 0.2) is 124 Å². The van der Waals surface area contributed by atoms with Gasteiger partial charge in [0.15, 0.2) is 4.80 Å². The molecule has 0 aliphatic carbocycles. The highest BCUT2D eigenvalue weighted by atomic mass is 35.5. The Hall–Kier alpha value is -5.18. The summed E-state index contributed by atoms with van der Waals surface area (Å²) >= 11 is 7.88. The Morgan fingerprint density at radius 1 is 0.957 bits per heavy atom. The smallest absolute Gasteiger partial charge is 0.271 e. The average Bonchev–Trinajstić information content (AvgIpc) is 3.53. The largest absolute Gasteiger partial charge is 0.497 e. The molecular weight excluding hydrogens is 628 g/mol. The Labute approximate surface area is 280 Å². The monoisotopic (exact) mass is 658 g/mol. The number of rotatable bonds is 7. The molecule has 1 atom stereocenters. The number of anilines is 1. The molecule has 7 rings (SSSR count). The summed E-state index contributed by atoms with van der Waals surface area (Å²) in [5, 5.41) is 4.75. The number of ether oxygens (including phenoxy) is 1. The molecule has 1 aliphatic heterocycles. The zero-order valence-corrected chi connectivity index (χ0v) is 27.6. The van der Waals surface area contributed by atoms with Gasteiger partial charge in [-0.1, -0.05) is 89.7 Å². The Balaban J connectivity index is 1.39. The molecule has 234 valence electrons. The number of nitrogens with one attached hydrogen (secondary N) is 1. The number of carbonyl (C=O) groups excluding carboxylic acids is 1. The molecule has 0 saturated heterocycles. The number of halogens is 1. The first kappa shape index (κ1) is 30.5. The van der Waals surface area contributed by atoms with E-state index in [2.05, 4.69) is 28.9 Å². The van der Waals surface area contributed by atoms with E-state index in [4.69, 9.17) is 21.3 Å². The van der Waals surface area contributed by atoms with E-state index in [9.17, 15) is 9.59 Å². The van der Waals surface area contributed by atoms with Crippen LogP contribution >= 0.6 is 22.9 Å². The summed E-state index contributed by atoms with van der Waals surface area (Å²) in [4.78, 5) is 33.7. The van der Waals surface area contributed by atoms with Crippen LogP contribution in [0.5, 0.6) is 5.75 Å². The van der Waals surface area contributed by atoms with Gasteiger partial charge in [0.2, 0.25) is 0 Å². The molecule has 0 fully saturated rings. The van der Waals surface area contributed by atoms with Crippen LogP contribution < -0.4 is 24.9 Å². The van der Waals surface area contributed by atoms with Crippen molar-refractivity contribution in [2.75, 3.05) is 12.4 Å². The number of methoxy groups -OCH3 is 1. The van der Waals surface area contributed by atoms with Crippen LogP contribution in [0.2, 0.25) is 5.02 Å². The normalized spacial score (nSPS) is 14.6. The van der Waals surface area contributed by atoms with E-state index in [1.165, 1.54) is 11.3 Å². The number of fused-ring (bicyclic) bond motifs is 2. The highest BCUT2D eigenvalue weighted by Crippen LogP contribution is 2.32. The zero-order chi connectivity index (χ0) is 32.7. The number of hydrogen-bond donors (Lipinski definition) is 1. The molecule has 1 amide bonds. The number of amides is 1. The fourth-order valence-electron chi connectivity index (χ4n) is 6.21. The molecule has 0 bridgehead atoms. The third-order valence-electron chi connectivity index (χ3n) is 8.57. The quantitative estimate of drug-likeness (QED) is 0.204. The fourth-order valence-corrected chi connectivity index (χ4v) is 7.43. The van der Waals surface area contributed by atoms with Crippen molar-refractivity contribution >= 4 is 51.5 Å². The molecule has 0 spiro atoms. The summed E-state index contributed by atoms with van der Waals surface area (Å²) in [6.45, 7) is 4.48. The van der Waals surface area contributed by atoms with Gasteiger partial charge in [-0.3, -0.25) is 14.2 Å². The van der Waals surface area contributed by atoms with Crippen LogP contribution in [0.3, 0.4) is 0 Å². The van der Waals surface area contributed by atoms with Crippen LogP contribution in [0, 0.1) is 6.92 Å². The molecule has 6 aromatic rings. The van der Waals surface area contributed by atoms with Crippen molar-refractivity contribution in [1.29, 1.82) is 0 Å². The van der Waals surface area contributed by atoms with Crippen molar-refractivity contribution in [3.05, 3.63) is 161 Å². The van der Waals surface area contributed by atoms with Gasteiger partial charge in [-0.2, -0.15) is 0 Å². The van der Waals surface area contributed by atoms with Gasteiger partial charge in [0, 0.05) is 39.4 Å². The highest BCUT2D eigenvalue weighted by molar-refractivity contribution is 7.07. The summed E-state index contributed by atoms with van der Waals surface area (Å²) in [6, 6.07) is 32.1. The highest BCUT2D eigenvalue weighted by Gasteiger charge is 2.32. The van der Waals surface area contributed by atoms with Crippen molar-refractivity contribution in [1.82, 2.24) is 9.13 Å². The minimum absolute atomic E-state index is 0.214. The topological polar surface area (TPSA) is 77.6 Å². The molecule has 9 heteroatoms. The van der Waals surface area contributed by atoms with E-state index in [0.29, 0.717) is 43.6 Å². The second-order valence-electron chi connectivity index (χ2n) is 11.4. The van der Waals surface area contributed by atoms with E-state index >= 15 is 0 Å². The van der Waals surface area contributed by atoms with E-state index in [1.54, 1.807) is 11.7 Å². The first-order chi connectivity index (χ1) is 22.8. The van der Waals surface area contributed by atoms with Gasteiger partial charge in [-0.25, -0.2) is 4.99 Å². The Bertz CT molecular complexity index is 2370. The zero-order valence-electron chi connectivity index (χ0n) is 26.0. The van der Waals surface area contributed by atoms with Crippen molar-refractivity contribution in [3.8, 4) is 5.75 Å². The standard InChI is InChI=1S/C38H31ClN4O3S/c1-23-34(36(44)41-27-12-5-4-6-13-27)35(25-17-19-28(46-3)20-18-25)43-37(45)33(47-38(43)40-23)21-30-24(2)42(32-16-10-8-14-29(30)32)22-26-11-7-9-15-31(26)39/h4-21,35H,22H2,1-3H3,(H,41,44)/b33-21+/t35-/m1/s1. The number of hydrogen-bond acceptors (Lipinski definition) is 5. The first-order valence-corrected chi connectivity index (χ1v) is 16.4. The Morgan fingerprint density at radius 2 is 1.66 bits per heavy atom. The number of allylic oxidation sites excluding steroid dienone is 1. The van der Waals surface area contributed by atoms with Gasteiger partial charge >= 0.3 is 0 Å². The molecule has 0 unspecified atom stereocenters. The summed E-state index contributed by atoms with van der Waals surface area (Å²) in [7, 11) is 1.61. The second-order valence-corrected chi connectivity index (χ2v) is 12.8. The minimum Gasteiger partial charge on any atom is -0.497 e. The summed E-state index contributed by atoms with van der Waals surface area (Å²) in [5.41, 5.74) is 6.22. The number of carbonyl (C=O) groups is 1. The molecule has 47 heavy (non-hydrogen) atoms. The van der Waals surface area contributed by atoms with Gasteiger partial charge in [-0.15, -0.1) is 0 Å². The lowest BCUT2D eigenvalue weighted by Crippen LogP contribution is -2.40. The number of nitrogens with zero attached hydrogens (tertiary/aromatic N) is 3. The number of thiazole rings is 1.